The van der Waals surface area contributed by atoms with Crippen molar-refractivity contribution in [2.24, 2.45) is 17.8 Å². The highest BCUT2D eigenvalue weighted by atomic mass is 16.5. The van der Waals surface area contributed by atoms with Crippen molar-refractivity contribution in [2.75, 3.05) is 27.3 Å². The van der Waals surface area contributed by atoms with Crippen LogP contribution in [0.2, 0.25) is 0 Å². The minimum atomic E-state index is -0.724. The zero-order valence-electron chi connectivity index (χ0n) is 33.8. The van der Waals surface area contributed by atoms with Crippen molar-refractivity contribution in [2.45, 2.75) is 90.9 Å². The quantitative estimate of drug-likeness (QED) is 0.112. The standard InChI is InChI=1S/C43H54N8O6/c1-25(2)36(48-42(54)56-6)40(52)50(22-20-29-10-11-29)27(5)38-45-32-19-16-30(23-33(32)46-38)13-12-28-14-17-31(18-15-28)34-24-44-39(47-34)35-9-8-21-51(35)41(53)37(26(3)4)49-43(55)57-7/h14-19,23-27,29,35-37H,8-11,20-22H2,1-7H3,(H,44,47)(H,45,46)(H,48,54)(H,49,55). The van der Waals surface area contributed by atoms with Crippen molar-refractivity contribution in [1.29, 1.82) is 0 Å². The molecular formula is C43H54N8O6. The summed E-state index contributed by atoms with van der Waals surface area (Å²) in [5.74, 6) is 7.97. The number of nitrogens with one attached hydrogen (secondary N) is 4. The van der Waals surface area contributed by atoms with Crippen LogP contribution < -0.4 is 10.6 Å². The van der Waals surface area contributed by atoms with Crippen LogP contribution in [0.5, 0.6) is 0 Å². The molecule has 1 aliphatic carbocycles. The van der Waals surface area contributed by atoms with E-state index in [1.165, 1.54) is 27.1 Å². The minimum absolute atomic E-state index is 0.111. The van der Waals surface area contributed by atoms with Gasteiger partial charge in [-0.1, -0.05) is 64.5 Å². The molecule has 0 radical (unpaired) electrons. The molecule has 4 atom stereocenters. The summed E-state index contributed by atoms with van der Waals surface area (Å²) in [5, 5.41) is 5.42. The van der Waals surface area contributed by atoms with E-state index < -0.39 is 24.3 Å². The first kappa shape index (κ1) is 40.8. The molecule has 14 heteroatoms. The lowest BCUT2D eigenvalue weighted by Gasteiger charge is -2.33. The predicted molar refractivity (Wildman–Crippen MR) is 216 cm³/mol. The van der Waals surface area contributed by atoms with Crippen molar-refractivity contribution >= 4 is 35.0 Å². The second kappa shape index (κ2) is 18.0. The number of nitrogens with zero attached hydrogens (tertiary/aromatic N) is 4. The van der Waals surface area contributed by atoms with Crippen LogP contribution >= 0.6 is 0 Å². The molecule has 1 saturated heterocycles. The molecule has 2 fully saturated rings. The number of H-pyrrole nitrogens is 2. The summed E-state index contributed by atoms with van der Waals surface area (Å²) in [7, 11) is 2.58. The molecule has 0 bridgehead atoms. The molecule has 3 heterocycles. The number of benzene rings is 2. The minimum Gasteiger partial charge on any atom is -0.453 e. The average Bonchev–Trinajstić information content (AvgIpc) is 3.53. The third-order valence-electron chi connectivity index (χ3n) is 10.9. The van der Waals surface area contributed by atoms with Gasteiger partial charge < -0.3 is 39.9 Å². The second-order valence-electron chi connectivity index (χ2n) is 15.7. The van der Waals surface area contributed by atoms with E-state index in [9.17, 15) is 19.2 Å². The van der Waals surface area contributed by atoms with Crippen molar-refractivity contribution in [1.82, 2.24) is 40.4 Å². The maximum atomic E-state index is 13.9. The Balaban J connectivity index is 1.13. The molecule has 57 heavy (non-hydrogen) atoms. The number of aromatic amines is 2. The number of hydrogen-bond donors (Lipinski definition) is 4. The number of methoxy groups -OCH3 is 2. The average molecular weight is 779 g/mol. The number of ether oxygens (including phenoxy) is 2. The lowest BCUT2D eigenvalue weighted by atomic mass is 10.0. The molecule has 1 aliphatic heterocycles. The fourth-order valence-electron chi connectivity index (χ4n) is 7.28. The molecule has 1 saturated carbocycles. The third kappa shape index (κ3) is 9.76. The molecule has 14 nitrogen and oxygen atoms in total. The lowest BCUT2D eigenvalue weighted by molar-refractivity contribution is -0.137. The molecular weight excluding hydrogens is 725 g/mol. The number of carbonyl (C=O) groups excluding carboxylic acids is 4. The van der Waals surface area contributed by atoms with Crippen molar-refractivity contribution in [3.63, 3.8) is 0 Å². The molecule has 302 valence electrons. The van der Waals surface area contributed by atoms with Crippen LogP contribution in [0.3, 0.4) is 0 Å². The van der Waals surface area contributed by atoms with Gasteiger partial charge in [0, 0.05) is 24.2 Å². The molecule has 4 N–H and O–H groups in total. The fraction of sp³-hybridized carbons (Fsp3) is 0.488. The van der Waals surface area contributed by atoms with Gasteiger partial charge >= 0.3 is 12.2 Å². The number of fused-ring (bicyclic) bond motifs is 1. The van der Waals surface area contributed by atoms with E-state index in [1.54, 1.807) is 11.1 Å². The molecule has 4 unspecified atom stereocenters. The zero-order chi connectivity index (χ0) is 40.8. The Labute approximate surface area is 333 Å². The Bertz CT molecular complexity index is 2130. The lowest BCUT2D eigenvalue weighted by Crippen LogP contribution is -2.52. The Kier molecular flexibility index (Phi) is 12.9. The first-order valence-corrected chi connectivity index (χ1v) is 19.8. The summed E-state index contributed by atoms with van der Waals surface area (Å²) in [6, 6.07) is 11.7. The van der Waals surface area contributed by atoms with Gasteiger partial charge in [-0.25, -0.2) is 19.6 Å². The molecule has 2 aromatic carbocycles. The van der Waals surface area contributed by atoms with Gasteiger partial charge in [-0.15, -0.1) is 0 Å². The van der Waals surface area contributed by atoms with E-state index in [4.69, 9.17) is 14.5 Å². The molecule has 0 spiro atoms. The van der Waals surface area contributed by atoms with Crippen molar-refractivity contribution in [3.05, 3.63) is 71.4 Å². The highest BCUT2D eigenvalue weighted by Gasteiger charge is 2.38. The molecule has 4 amide bonds. The van der Waals surface area contributed by atoms with Gasteiger partial charge in [0.05, 0.1) is 49.2 Å². The third-order valence-corrected chi connectivity index (χ3v) is 10.9. The van der Waals surface area contributed by atoms with Gasteiger partial charge in [-0.2, -0.15) is 0 Å². The molecule has 2 aliphatic rings. The number of imidazole rings is 2. The van der Waals surface area contributed by atoms with Crippen LogP contribution in [0.4, 0.5) is 9.59 Å². The summed E-state index contributed by atoms with van der Waals surface area (Å²) in [5.41, 5.74) is 5.02. The Morgan fingerprint density at radius 3 is 2.18 bits per heavy atom. The van der Waals surface area contributed by atoms with E-state index in [1.807, 2.05) is 82.0 Å². The van der Waals surface area contributed by atoms with Crippen LogP contribution in [0.1, 0.15) is 102 Å². The predicted octanol–water partition coefficient (Wildman–Crippen LogP) is 6.47. The Morgan fingerprint density at radius 2 is 1.53 bits per heavy atom. The zero-order valence-corrected chi connectivity index (χ0v) is 33.8. The number of hydrogen-bond acceptors (Lipinski definition) is 8. The monoisotopic (exact) mass is 778 g/mol. The largest absolute Gasteiger partial charge is 0.453 e. The normalized spacial score (nSPS) is 16.8. The SMILES string of the molecule is COC(=O)NC(C(=O)N(CCC1CC1)C(C)c1nc2ccc(C#Cc3ccc(-c4cnc(C5CCCN5C(=O)C(NC(=O)OC)C(C)C)[nH]4)cc3)cc2[nH]1)C(C)C. The van der Waals surface area contributed by atoms with Gasteiger partial charge in [0.1, 0.15) is 23.7 Å². The van der Waals surface area contributed by atoms with Gasteiger partial charge in [0.25, 0.3) is 0 Å². The van der Waals surface area contributed by atoms with Crippen LogP contribution in [-0.4, -0.2) is 93.1 Å². The van der Waals surface area contributed by atoms with Gasteiger partial charge in [0.2, 0.25) is 11.8 Å². The summed E-state index contributed by atoms with van der Waals surface area (Å²) in [4.78, 5) is 71.4. The van der Waals surface area contributed by atoms with Crippen LogP contribution in [0.25, 0.3) is 22.3 Å². The number of carbonyl (C=O) groups is 4. The maximum absolute atomic E-state index is 13.9. The van der Waals surface area contributed by atoms with Gasteiger partial charge in [0.15, 0.2) is 0 Å². The summed E-state index contributed by atoms with van der Waals surface area (Å²) in [6.45, 7) is 10.7. The maximum Gasteiger partial charge on any atom is 0.407 e. The van der Waals surface area contributed by atoms with E-state index >= 15 is 0 Å². The Hall–Kier alpha value is -5.84. The van der Waals surface area contributed by atoms with Gasteiger partial charge in [-0.05, 0) is 79.8 Å². The van der Waals surface area contributed by atoms with E-state index in [2.05, 4.69) is 37.4 Å². The number of rotatable bonds is 13. The first-order chi connectivity index (χ1) is 27.4. The number of aromatic nitrogens is 4. The second-order valence-corrected chi connectivity index (χ2v) is 15.7. The first-order valence-electron chi connectivity index (χ1n) is 19.8. The van der Waals surface area contributed by atoms with Crippen LogP contribution in [0.15, 0.2) is 48.7 Å². The number of alkyl carbamates (subject to hydrolysis) is 2. The Morgan fingerprint density at radius 1 is 0.877 bits per heavy atom. The molecule has 6 rings (SSSR count). The highest BCUT2D eigenvalue weighted by molar-refractivity contribution is 5.87. The summed E-state index contributed by atoms with van der Waals surface area (Å²) in [6.07, 6.45) is 5.39. The smallest absolute Gasteiger partial charge is 0.407 e. The highest BCUT2D eigenvalue weighted by Crippen LogP contribution is 2.35. The molecule has 4 aromatic rings. The van der Waals surface area contributed by atoms with E-state index in [-0.39, 0.29) is 35.7 Å². The van der Waals surface area contributed by atoms with E-state index in [0.717, 1.165) is 52.7 Å². The van der Waals surface area contributed by atoms with E-state index in [0.29, 0.717) is 30.7 Å². The van der Waals surface area contributed by atoms with Crippen molar-refractivity contribution in [3.8, 4) is 23.1 Å². The number of likely N-dealkylation sites (tertiary alicyclic amines) is 1. The van der Waals surface area contributed by atoms with Gasteiger partial charge in [-0.3, -0.25) is 9.59 Å². The topological polar surface area (TPSA) is 175 Å². The van der Waals surface area contributed by atoms with Crippen LogP contribution in [-0.2, 0) is 19.1 Å². The fourth-order valence-corrected chi connectivity index (χ4v) is 7.28. The van der Waals surface area contributed by atoms with Crippen LogP contribution in [0, 0.1) is 29.6 Å². The summed E-state index contributed by atoms with van der Waals surface area (Å²) >= 11 is 0. The summed E-state index contributed by atoms with van der Waals surface area (Å²) < 4.78 is 9.56. The number of amides is 4. The molecule has 2 aromatic heterocycles. The van der Waals surface area contributed by atoms with Crippen molar-refractivity contribution < 1.29 is 28.7 Å².